The highest BCUT2D eigenvalue weighted by Gasteiger charge is 2.35. The van der Waals surface area contributed by atoms with Crippen LogP contribution in [0.2, 0.25) is 0 Å². The minimum absolute atomic E-state index is 0.0643. The van der Waals surface area contributed by atoms with Crippen molar-refractivity contribution in [2.24, 2.45) is 0 Å². The molecule has 0 bridgehead atoms. The number of carboxylic acids is 1. The van der Waals surface area contributed by atoms with Gasteiger partial charge >= 0.3 is 12.0 Å². The van der Waals surface area contributed by atoms with E-state index < -0.39 is 24.5 Å². The number of nitrogens with one attached hydrogen (secondary N) is 1. The van der Waals surface area contributed by atoms with Gasteiger partial charge in [0.2, 0.25) is 0 Å². The van der Waals surface area contributed by atoms with Crippen LogP contribution in [0.25, 0.3) is 17.0 Å². The van der Waals surface area contributed by atoms with E-state index in [4.69, 9.17) is 5.11 Å². The lowest BCUT2D eigenvalue weighted by atomic mass is 10.1. The highest BCUT2D eigenvalue weighted by molar-refractivity contribution is 6.15. The van der Waals surface area contributed by atoms with E-state index in [0.717, 1.165) is 22.0 Å². The van der Waals surface area contributed by atoms with Crippen molar-refractivity contribution >= 4 is 34.9 Å². The van der Waals surface area contributed by atoms with Crippen molar-refractivity contribution in [2.45, 2.75) is 13.5 Å². The smallest absolute Gasteiger partial charge is 0.329 e. The Kier molecular flexibility index (Phi) is 4.64. The standard InChI is InChI=1S/C22H19N3O4/c1-14-6-8-15(9-7-14)11-24-12-16(17-4-2-3-5-19(17)24)10-18-21(28)25(13-20(26)27)22(29)23-18/h2-10,12H,11,13H2,1H3,(H,23,29)(H,26,27)/b18-10+. The molecule has 0 radical (unpaired) electrons. The summed E-state index contributed by atoms with van der Waals surface area (Å²) >= 11 is 0. The monoisotopic (exact) mass is 389 g/mol. The highest BCUT2D eigenvalue weighted by Crippen LogP contribution is 2.25. The van der Waals surface area contributed by atoms with E-state index in [1.165, 1.54) is 5.56 Å². The Hall–Kier alpha value is -3.87. The highest BCUT2D eigenvalue weighted by atomic mass is 16.4. The largest absolute Gasteiger partial charge is 0.480 e. The van der Waals surface area contributed by atoms with Crippen LogP contribution in [-0.2, 0) is 16.1 Å². The molecule has 0 spiro atoms. The molecule has 1 aliphatic rings. The van der Waals surface area contributed by atoms with Gasteiger partial charge in [-0.2, -0.15) is 0 Å². The number of hydrogen-bond acceptors (Lipinski definition) is 3. The number of benzene rings is 2. The number of urea groups is 1. The van der Waals surface area contributed by atoms with Crippen molar-refractivity contribution in [3.8, 4) is 0 Å². The lowest BCUT2D eigenvalue weighted by Crippen LogP contribution is -2.35. The predicted octanol–water partition coefficient (Wildman–Crippen LogP) is 2.98. The molecule has 7 heteroatoms. The van der Waals surface area contributed by atoms with Crippen LogP contribution in [-0.4, -0.2) is 39.0 Å². The minimum Gasteiger partial charge on any atom is -0.480 e. The Morgan fingerprint density at radius 3 is 2.55 bits per heavy atom. The summed E-state index contributed by atoms with van der Waals surface area (Å²) in [6.07, 6.45) is 3.52. The van der Waals surface area contributed by atoms with Crippen molar-refractivity contribution < 1.29 is 19.5 Å². The van der Waals surface area contributed by atoms with Crippen molar-refractivity contribution in [1.82, 2.24) is 14.8 Å². The molecule has 0 unspecified atom stereocenters. The predicted molar refractivity (Wildman–Crippen MR) is 108 cm³/mol. The van der Waals surface area contributed by atoms with Gasteiger partial charge in [0.25, 0.3) is 5.91 Å². The van der Waals surface area contributed by atoms with Gasteiger partial charge in [-0.05, 0) is 24.6 Å². The summed E-state index contributed by atoms with van der Waals surface area (Å²) < 4.78 is 2.09. The molecule has 0 atom stereocenters. The van der Waals surface area contributed by atoms with Gasteiger partial charge in [-0.1, -0.05) is 48.0 Å². The van der Waals surface area contributed by atoms with Crippen LogP contribution >= 0.6 is 0 Å². The Morgan fingerprint density at radius 1 is 1.10 bits per heavy atom. The van der Waals surface area contributed by atoms with E-state index in [2.05, 4.69) is 34.1 Å². The Labute approximate surface area is 166 Å². The Morgan fingerprint density at radius 2 is 1.83 bits per heavy atom. The van der Waals surface area contributed by atoms with Gasteiger partial charge in [-0.25, -0.2) is 9.69 Å². The molecule has 1 saturated heterocycles. The van der Waals surface area contributed by atoms with Gasteiger partial charge in [-0.15, -0.1) is 0 Å². The van der Waals surface area contributed by atoms with E-state index in [-0.39, 0.29) is 5.70 Å². The van der Waals surface area contributed by atoms with E-state index in [0.29, 0.717) is 11.4 Å². The minimum atomic E-state index is -1.25. The number of aromatic nitrogens is 1. The van der Waals surface area contributed by atoms with Crippen LogP contribution in [0.5, 0.6) is 0 Å². The second kappa shape index (κ2) is 7.27. The lowest BCUT2D eigenvalue weighted by molar-refractivity contribution is -0.140. The van der Waals surface area contributed by atoms with Gasteiger partial charge in [-0.3, -0.25) is 9.59 Å². The second-order valence-electron chi connectivity index (χ2n) is 6.99. The lowest BCUT2D eigenvalue weighted by Gasteiger charge is -2.06. The first-order chi connectivity index (χ1) is 13.9. The first kappa shape index (κ1) is 18.5. The third-order valence-corrected chi connectivity index (χ3v) is 4.85. The molecule has 0 aliphatic carbocycles. The number of carbonyl (C=O) groups excluding carboxylic acids is 2. The molecule has 1 aromatic heterocycles. The van der Waals surface area contributed by atoms with Crippen LogP contribution in [0.4, 0.5) is 4.79 Å². The molecule has 7 nitrogen and oxygen atoms in total. The summed E-state index contributed by atoms with van der Waals surface area (Å²) in [5.41, 5.74) is 4.17. The number of para-hydroxylation sites is 1. The summed E-state index contributed by atoms with van der Waals surface area (Å²) in [7, 11) is 0. The third kappa shape index (κ3) is 3.62. The number of amides is 3. The fraction of sp³-hybridized carbons (Fsp3) is 0.136. The average Bonchev–Trinajstić information content (AvgIpc) is 3.16. The molecule has 2 aromatic carbocycles. The van der Waals surface area contributed by atoms with E-state index in [9.17, 15) is 14.4 Å². The number of carboxylic acid groups (broad SMARTS) is 1. The summed E-state index contributed by atoms with van der Waals surface area (Å²) in [5, 5.41) is 12.3. The molecule has 2 N–H and O–H groups in total. The Balaban J connectivity index is 1.70. The maximum Gasteiger partial charge on any atom is 0.329 e. The van der Waals surface area contributed by atoms with Crippen LogP contribution in [0.15, 0.2) is 60.4 Å². The van der Waals surface area contributed by atoms with Gasteiger partial charge in [0.1, 0.15) is 12.2 Å². The summed E-state index contributed by atoms with van der Waals surface area (Å²) in [6.45, 7) is 2.03. The Bertz CT molecular complexity index is 1160. The zero-order valence-electron chi connectivity index (χ0n) is 15.8. The van der Waals surface area contributed by atoms with Crippen molar-refractivity contribution in [3.63, 3.8) is 0 Å². The zero-order valence-corrected chi connectivity index (χ0v) is 15.8. The van der Waals surface area contributed by atoms with Crippen LogP contribution < -0.4 is 5.32 Å². The molecular formula is C22H19N3O4. The number of rotatable bonds is 5. The van der Waals surface area contributed by atoms with Gasteiger partial charge in [0.05, 0.1) is 0 Å². The molecular weight excluding hydrogens is 370 g/mol. The number of fused-ring (bicyclic) bond motifs is 1. The maximum atomic E-state index is 12.4. The fourth-order valence-corrected chi connectivity index (χ4v) is 3.42. The molecule has 2 heterocycles. The van der Waals surface area contributed by atoms with Crippen LogP contribution in [0.1, 0.15) is 16.7 Å². The zero-order chi connectivity index (χ0) is 20.5. The fourth-order valence-electron chi connectivity index (χ4n) is 3.42. The normalized spacial score (nSPS) is 15.3. The summed E-state index contributed by atoms with van der Waals surface area (Å²) in [4.78, 5) is 35.9. The number of imide groups is 1. The second-order valence-corrected chi connectivity index (χ2v) is 6.99. The van der Waals surface area contributed by atoms with Crippen LogP contribution in [0, 0.1) is 6.92 Å². The molecule has 3 amide bonds. The molecule has 4 rings (SSSR count). The SMILES string of the molecule is Cc1ccc(Cn2cc(/C=C3/NC(=O)N(CC(=O)O)C3=O)c3ccccc32)cc1. The molecule has 29 heavy (non-hydrogen) atoms. The molecule has 146 valence electrons. The summed E-state index contributed by atoms with van der Waals surface area (Å²) in [6, 6.07) is 15.3. The molecule has 1 fully saturated rings. The van der Waals surface area contributed by atoms with Crippen molar-refractivity contribution in [1.29, 1.82) is 0 Å². The number of nitrogens with zero attached hydrogens (tertiary/aromatic N) is 2. The topological polar surface area (TPSA) is 91.6 Å². The van der Waals surface area contributed by atoms with E-state index >= 15 is 0 Å². The first-order valence-electron chi connectivity index (χ1n) is 9.12. The van der Waals surface area contributed by atoms with Crippen molar-refractivity contribution in [3.05, 3.63) is 77.1 Å². The molecule has 3 aromatic rings. The van der Waals surface area contributed by atoms with Gasteiger partial charge < -0.3 is 15.0 Å². The van der Waals surface area contributed by atoms with Crippen LogP contribution in [0.3, 0.4) is 0 Å². The molecule has 0 saturated carbocycles. The number of hydrogen-bond donors (Lipinski definition) is 2. The van der Waals surface area contributed by atoms with Gasteiger partial charge in [0, 0.05) is 29.2 Å². The third-order valence-electron chi connectivity index (χ3n) is 4.85. The number of carbonyl (C=O) groups is 3. The average molecular weight is 389 g/mol. The summed E-state index contributed by atoms with van der Waals surface area (Å²) in [5.74, 6) is -1.89. The maximum absolute atomic E-state index is 12.4. The van der Waals surface area contributed by atoms with E-state index in [1.54, 1.807) is 6.08 Å². The van der Waals surface area contributed by atoms with Gasteiger partial charge in [0.15, 0.2) is 0 Å². The molecule has 1 aliphatic heterocycles. The quantitative estimate of drug-likeness (QED) is 0.518. The first-order valence-corrected chi connectivity index (χ1v) is 9.12. The van der Waals surface area contributed by atoms with E-state index in [1.807, 2.05) is 37.4 Å². The van der Waals surface area contributed by atoms with Crippen molar-refractivity contribution in [2.75, 3.05) is 6.54 Å². The number of aryl methyl sites for hydroxylation is 1. The number of aliphatic carboxylic acids is 1.